The molecule has 2 aromatic rings. The number of Topliss-reactive ketones (excluding diaryl/α,β-unsaturated/α-hetero) is 1. The van der Waals surface area contributed by atoms with Gasteiger partial charge in [0.15, 0.2) is 5.78 Å². The topological polar surface area (TPSA) is 110 Å². The lowest BCUT2D eigenvalue weighted by Crippen LogP contribution is -2.04. The van der Waals surface area contributed by atoms with E-state index >= 15 is 0 Å². The molecule has 0 spiro atoms. The molecule has 2 N–H and O–H groups in total. The van der Waals surface area contributed by atoms with Crippen molar-refractivity contribution < 1.29 is 19.6 Å². The minimum atomic E-state index is -1.15. The molecule has 0 aliphatic rings. The summed E-state index contributed by atoms with van der Waals surface area (Å²) in [5.74, 6) is -1.44. The first-order valence-electron chi connectivity index (χ1n) is 6.29. The molecular weight excluding hydrogens is 288 g/mol. The summed E-state index contributed by atoms with van der Waals surface area (Å²) in [5, 5.41) is 23.0. The number of carboxylic acid groups (broad SMARTS) is 1. The van der Waals surface area contributed by atoms with E-state index in [1.165, 1.54) is 31.2 Å². The van der Waals surface area contributed by atoms with Gasteiger partial charge in [0.1, 0.15) is 5.69 Å². The maximum Gasteiger partial charge on any atom is 0.337 e. The van der Waals surface area contributed by atoms with Crippen LogP contribution in [0.3, 0.4) is 0 Å². The molecule has 22 heavy (non-hydrogen) atoms. The number of para-hydroxylation sites is 1. The predicted octanol–water partition coefficient (Wildman–Crippen LogP) is 3.24. The Balaban J connectivity index is 2.48. The van der Waals surface area contributed by atoms with Crippen molar-refractivity contribution in [2.45, 2.75) is 6.92 Å². The molecule has 0 saturated heterocycles. The maximum atomic E-state index is 11.3. The lowest BCUT2D eigenvalue weighted by molar-refractivity contribution is -0.383. The largest absolute Gasteiger partial charge is 0.478 e. The van der Waals surface area contributed by atoms with Crippen molar-refractivity contribution in [2.24, 2.45) is 0 Å². The van der Waals surface area contributed by atoms with Crippen LogP contribution in [0.15, 0.2) is 42.5 Å². The van der Waals surface area contributed by atoms with Gasteiger partial charge in [-0.1, -0.05) is 12.1 Å². The summed E-state index contributed by atoms with van der Waals surface area (Å²) in [5.41, 5.74) is 0.251. The second-order valence-electron chi connectivity index (χ2n) is 4.52. The fourth-order valence-electron chi connectivity index (χ4n) is 1.93. The van der Waals surface area contributed by atoms with Gasteiger partial charge in [-0.3, -0.25) is 14.9 Å². The van der Waals surface area contributed by atoms with E-state index in [0.29, 0.717) is 0 Å². The molecule has 2 aromatic carbocycles. The quantitative estimate of drug-likeness (QED) is 0.498. The molecule has 0 saturated carbocycles. The summed E-state index contributed by atoms with van der Waals surface area (Å²) in [6, 6.07) is 10.1. The van der Waals surface area contributed by atoms with E-state index in [4.69, 9.17) is 5.11 Å². The molecule has 0 bridgehead atoms. The van der Waals surface area contributed by atoms with Gasteiger partial charge in [-0.25, -0.2) is 4.79 Å². The number of carboxylic acids is 1. The van der Waals surface area contributed by atoms with Crippen LogP contribution in [0, 0.1) is 10.1 Å². The molecule has 0 aromatic heterocycles. The van der Waals surface area contributed by atoms with Crippen LogP contribution in [0.2, 0.25) is 0 Å². The second-order valence-corrected chi connectivity index (χ2v) is 4.52. The number of ketones is 1. The molecule has 0 atom stereocenters. The van der Waals surface area contributed by atoms with Crippen LogP contribution in [0.4, 0.5) is 17.1 Å². The second kappa shape index (κ2) is 6.04. The Bertz CT molecular complexity index is 770. The summed E-state index contributed by atoms with van der Waals surface area (Å²) < 4.78 is 0. The number of nitrogens with zero attached hydrogens (tertiary/aromatic N) is 1. The van der Waals surface area contributed by atoms with Crippen LogP contribution in [-0.4, -0.2) is 21.8 Å². The van der Waals surface area contributed by atoms with Gasteiger partial charge >= 0.3 is 5.97 Å². The Hall–Kier alpha value is -3.22. The van der Waals surface area contributed by atoms with Crippen molar-refractivity contribution >= 4 is 28.8 Å². The maximum absolute atomic E-state index is 11.3. The van der Waals surface area contributed by atoms with E-state index in [2.05, 4.69) is 5.32 Å². The number of carbonyl (C=O) groups is 2. The lowest BCUT2D eigenvalue weighted by Gasteiger charge is -2.10. The van der Waals surface area contributed by atoms with Crippen LogP contribution in [0.5, 0.6) is 0 Å². The van der Waals surface area contributed by atoms with Crippen molar-refractivity contribution in [3.63, 3.8) is 0 Å². The number of benzene rings is 2. The van der Waals surface area contributed by atoms with Crippen LogP contribution < -0.4 is 5.32 Å². The molecular formula is C15H12N2O5. The van der Waals surface area contributed by atoms with Crippen LogP contribution in [0.25, 0.3) is 0 Å². The third kappa shape index (κ3) is 3.09. The monoisotopic (exact) mass is 300 g/mol. The zero-order chi connectivity index (χ0) is 16.3. The van der Waals surface area contributed by atoms with Gasteiger partial charge in [0.25, 0.3) is 5.69 Å². The van der Waals surface area contributed by atoms with Crippen molar-refractivity contribution in [2.75, 3.05) is 5.32 Å². The van der Waals surface area contributed by atoms with Gasteiger partial charge in [-0.2, -0.15) is 0 Å². The first-order chi connectivity index (χ1) is 10.4. The molecule has 0 amide bonds. The number of nitro groups is 1. The van der Waals surface area contributed by atoms with Gasteiger partial charge in [0, 0.05) is 11.6 Å². The summed E-state index contributed by atoms with van der Waals surface area (Å²) in [4.78, 5) is 33.0. The minimum Gasteiger partial charge on any atom is -0.478 e. The predicted molar refractivity (Wildman–Crippen MR) is 79.8 cm³/mol. The number of anilines is 2. The standard InChI is InChI=1S/C15H12N2O5/c1-9(18)10-6-7-13(14(8-10)17(21)22)16-12-5-3-2-4-11(12)15(19)20/h2-8,16H,1H3,(H,19,20). The number of nitrogens with one attached hydrogen (secondary N) is 1. The Morgan fingerprint density at radius 1 is 1.14 bits per heavy atom. The average molecular weight is 300 g/mol. The SMILES string of the molecule is CC(=O)c1ccc(Nc2ccccc2C(=O)O)c([N+](=O)[O-])c1. The highest BCUT2D eigenvalue weighted by Gasteiger charge is 2.18. The highest BCUT2D eigenvalue weighted by molar-refractivity contribution is 5.97. The fraction of sp³-hybridized carbons (Fsp3) is 0.0667. The Morgan fingerprint density at radius 3 is 2.41 bits per heavy atom. The van der Waals surface area contributed by atoms with Gasteiger partial charge in [-0.15, -0.1) is 0 Å². The zero-order valence-electron chi connectivity index (χ0n) is 11.6. The number of nitro benzene ring substituents is 1. The number of rotatable bonds is 5. The van der Waals surface area contributed by atoms with E-state index in [9.17, 15) is 19.7 Å². The molecule has 0 heterocycles. The molecule has 7 nitrogen and oxygen atoms in total. The van der Waals surface area contributed by atoms with Gasteiger partial charge in [-0.05, 0) is 31.2 Å². The van der Waals surface area contributed by atoms with Gasteiger partial charge in [0.2, 0.25) is 0 Å². The first kappa shape index (κ1) is 15.2. The van der Waals surface area contributed by atoms with E-state index in [1.807, 2.05) is 0 Å². The van der Waals surface area contributed by atoms with Gasteiger partial charge < -0.3 is 10.4 Å². The third-order valence-corrected chi connectivity index (χ3v) is 3.03. The molecule has 0 radical (unpaired) electrons. The highest BCUT2D eigenvalue weighted by Crippen LogP contribution is 2.30. The summed E-state index contributed by atoms with van der Waals surface area (Å²) in [6.07, 6.45) is 0. The molecule has 112 valence electrons. The Morgan fingerprint density at radius 2 is 1.82 bits per heavy atom. The normalized spacial score (nSPS) is 10.0. The number of hydrogen-bond donors (Lipinski definition) is 2. The number of carbonyl (C=O) groups excluding carboxylic acids is 1. The number of hydrogen-bond acceptors (Lipinski definition) is 5. The number of aromatic carboxylic acids is 1. The average Bonchev–Trinajstić information content (AvgIpc) is 2.47. The smallest absolute Gasteiger partial charge is 0.337 e. The Labute approximate surface area is 125 Å². The van der Waals surface area contributed by atoms with Crippen molar-refractivity contribution in [3.05, 3.63) is 63.7 Å². The molecule has 0 unspecified atom stereocenters. The molecule has 0 fully saturated rings. The van der Waals surface area contributed by atoms with Crippen LogP contribution in [-0.2, 0) is 0 Å². The molecule has 0 aliphatic heterocycles. The summed E-state index contributed by atoms with van der Waals surface area (Å²) >= 11 is 0. The lowest BCUT2D eigenvalue weighted by atomic mass is 10.1. The molecule has 0 aliphatic carbocycles. The van der Waals surface area contributed by atoms with Crippen molar-refractivity contribution in [1.82, 2.24) is 0 Å². The third-order valence-electron chi connectivity index (χ3n) is 3.03. The zero-order valence-corrected chi connectivity index (χ0v) is 11.6. The van der Waals surface area contributed by atoms with E-state index in [0.717, 1.165) is 6.07 Å². The fourth-order valence-corrected chi connectivity index (χ4v) is 1.93. The summed E-state index contributed by atoms with van der Waals surface area (Å²) in [6.45, 7) is 1.31. The van der Waals surface area contributed by atoms with Crippen LogP contribution in [0.1, 0.15) is 27.6 Å². The van der Waals surface area contributed by atoms with E-state index in [1.54, 1.807) is 12.1 Å². The Kier molecular flexibility index (Phi) is 4.17. The van der Waals surface area contributed by atoms with E-state index in [-0.39, 0.29) is 34.0 Å². The summed E-state index contributed by atoms with van der Waals surface area (Å²) in [7, 11) is 0. The molecule has 7 heteroatoms. The van der Waals surface area contributed by atoms with Crippen molar-refractivity contribution in [3.8, 4) is 0 Å². The van der Waals surface area contributed by atoms with E-state index < -0.39 is 10.9 Å². The highest BCUT2D eigenvalue weighted by atomic mass is 16.6. The van der Waals surface area contributed by atoms with Crippen molar-refractivity contribution in [1.29, 1.82) is 0 Å². The van der Waals surface area contributed by atoms with Crippen LogP contribution >= 0.6 is 0 Å². The minimum absolute atomic E-state index is 0.00700. The molecule has 2 rings (SSSR count). The first-order valence-corrected chi connectivity index (χ1v) is 6.29. The van der Waals surface area contributed by atoms with Gasteiger partial charge in [0.05, 0.1) is 16.2 Å².